The van der Waals surface area contributed by atoms with Gasteiger partial charge < -0.3 is 9.26 Å². The predicted molar refractivity (Wildman–Crippen MR) is 102 cm³/mol. The van der Waals surface area contributed by atoms with Crippen LogP contribution < -0.4 is 0 Å². The quantitative estimate of drug-likeness (QED) is 0.484. The maximum atomic E-state index is 12.3. The average molecular weight is 374 g/mol. The Bertz CT molecular complexity index is 1120. The van der Waals surface area contributed by atoms with Crippen molar-refractivity contribution in [2.75, 3.05) is 0 Å². The minimum atomic E-state index is -0.492. The van der Waals surface area contributed by atoms with E-state index in [2.05, 4.69) is 34.0 Å². The molecule has 28 heavy (non-hydrogen) atoms. The highest BCUT2D eigenvalue weighted by Gasteiger charge is 2.13. The van der Waals surface area contributed by atoms with Crippen molar-refractivity contribution in [2.24, 2.45) is 0 Å². The van der Waals surface area contributed by atoms with Crippen LogP contribution >= 0.6 is 0 Å². The zero-order valence-corrected chi connectivity index (χ0v) is 15.5. The number of benzene rings is 2. The first-order chi connectivity index (χ1) is 13.6. The Kier molecular flexibility index (Phi) is 4.80. The highest BCUT2D eigenvalue weighted by Crippen LogP contribution is 2.21. The summed E-state index contributed by atoms with van der Waals surface area (Å²) >= 11 is 0. The third kappa shape index (κ3) is 3.73. The molecule has 140 valence electrons. The van der Waals surface area contributed by atoms with E-state index in [1.165, 1.54) is 5.56 Å². The molecule has 0 spiro atoms. The van der Waals surface area contributed by atoms with Gasteiger partial charge in [0.2, 0.25) is 5.82 Å². The molecule has 0 saturated carbocycles. The topological polar surface area (TPSA) is 91.0 Å². The summed E-state index contributed by atoms with van der Waals surface area (Å²) in [6.07, 6.45) is 3.18. The molecule has 0 aliphatic carbocycles. The van der Waals surface area contributed by atoms with Gasteiger partial charge in [-0.2, -0.15) is 4.98 Å². The summed E-state index contributed by atoms with van der Waals surface area (Å²) in [4.78, 5) is 24.9. The third-order valence-corrected chi connectivity index (χ3v) is 4.34. The van der Waals surface area contributed by atoms with Gasteiger partial charge in [-0.15, -0.1) is 0 Å². The molecule has 2 heterocycles. The second-order valence-electron chi connectivity index (χ2n) is 6.62. The van der Waals surface area contributed by atoms with Gasteiger partial charge in [0.1, 0.15) is 0 Å². The number of carbonyl (C=O) groups excluding carboxylic acids is 1. The van der Waals surface area contributed by atoms with Crippen molar-refractivity contribution in [3.05, 3.63) is 71.9 Å². The zero-order chi connectivity index (χ0) is 19.5. The maximum Gasteiger partial charge on any atom is 0.338 e. The van der Waals surface area contributed by atoms with Crippen molar-refractivity contribution >= 4 is 17.0 Å². The molecule has 0 N–H and O–H groups in total. The van der Waals surface area contributed by atoms with E-state index < -0.39 is 5.97 Å². The highest BCUT2D eigenvalue weighted by atomic mass is 16.6. The molecule has 0 bridgehead atoms. The van der Waals surface area contributed by atoms with Gasteiger partial charge in [-0.1, -0.05) is 43.3 Å². The second-order valence-corrected chi connectivity index (χ2v) is 6.62. The van der Waals surface area contributed by atoms with Crippen LogP contribution in [-0.2, 0) is 11.3 Å². The molecular formula is C21H18N4O3. The summed E-state index contributed by atoms with van der Waals surface area (Å²) in [5, 5.41) is 3.96. The normalized spacial score (nSPS) is 11.1. The molecule has 0 unspecified atom stereocenters. The van der Waals surface area contributed by atoms with Crippen molar-refractivity contribution in [1.29, 1.82) is 0 Å². The summed E-state index contributed by atoms with van der Waals surface area (Å²) in [7, 11) is 0. The lowest BCUT2D eigenvalue weighted by molar-refractivity contribution is 0.0430. The van der Waals surface area contributed by atoms with Gasteiger partial charge in [-0.25, -0.2) is 4.79 Å². The Balaban J connectivity index is 1.42. The first-order valence-electron chi connectivity index (χ1n) is 8.91. The SMILES string of the molecule is CC(C)c1ccc(-c2noc(COC(=O)c3ccc4nccnc4c3)n2)cc1. The Morgan fingerprint density at radius 3 is 2.54 bits per heavy atom. The number of ether oxygens (including phenoxy) is 1. The van der Waals surface area contributed by atoms with E-state index in [1.54, 1.807) is 30.6 Å². The lowest BCUT2D eigenvalue weighted by Crippen LogP contribution is -2.05. The first-order valence-corrected chi connectivity index (χ1v) is 8.91. The van der Waals surface area contributed by atoms with Crippen LogP contribution in [0.5, 0.6) is 0 Å². The van der Waals surface area contributed by atoms with Crippen LogP contribution in [0.2, 0.25) is 0 Å². The number of hydrogen-bond acceptors (Lipinski definition) is 7. The lowest BCUT2D eigenvalue weighted by Gasteiger charge is -2.04. The summed E-state index contributed by atoms with van der Waals surface area (Å²) in [5.41, 5.74) is 3.81. The number of carbonyl (C=O) groups is 1. The minimum Gasteiger partial charge on any atom is -0.452 e. The molecule has 7 nitrogen and oxygen atoms in total. The standard InChI is InChI=1S/C21H18N4O3/c1-13(2)14-3-5-15(6-4-14)20-24-19(28-25-20)12-27-21(26)16-7-8-17-18(11-16)23-10-9-22-17/h3-11,13H,12H2,1-2H3. The number of esters is 1. The molecule has 0 aliphatic rings. The molecule has 0 fully saturated rings. The Morgan fingerprint density at radius 2 is 1.79 bits per heavy atom. The first kappa shape index (κ1) is 17.8. The smallest absolute Gasteiger partial charge is 0.338 e. The average Bonchev–Trinajstić information content (AvgIpc) is 3.21. The number of fused-ring (bicyclic) bond motifs is 1. The molecule has 0 atom stereocenters. The van der Waals surface area contributed by atoms with Crippen LogP contribution in [0.4, 0.5) is 0 Å². The van der Waals surface area contributed by atoms with Crippen molar-refractivity contribution in [3.63, 3.8) is 0 Å². The number of rotatable bonds is 5. The monoisotopic (exact) mass is 374 g/mol. The Labute approximate surface area is 161 Å². The molecule has 4 rings (SSSR count). The number of nitrogens with zero attached hydrogens (tertiary/aromatic N) is 4. The van der Waals surface area contributed by atoms with E-state index in [0.29, 0.717) is 28.3 Å². The van der Waals surface area contributed by atoms with Gasteiger partial charge in [0.15, 0.2) is 6.61 Å². The lowest BCUT2D eigenvalue weighted by atomic mass is 10.0. The minimum absolute atomic E-state index is 0.103. The molecule has 2 aromatic carbocycles. The zero-order valence-electron chi connectivity index (χ0n) is 15.5. The van der Waals surface area contributed by atoms with Crippen molar-refractivity contribution in [2.45, 2.75) is 26.4 Å². The molecule has 7 heteroatoms. The van der Waals surface area contributed by atoms with E-state index in [0.717, 1.165) is 5.56 Å². The van der Waals surface area contributed by atoms with Gasteiger partial charge in [-0.3, -0.25) is 9.97 Å². The predicted octanol–water partition coefficient (Wildman–Crippen LogP) is 4.16. The van der Waals surface area contributed by atoms with Gasteiger partial charge in [0.05, 0.1) is 16.6 Å². The number of aromatic nitrogens is 4. The summed E-state index contributed by atoms with van der Waals surface area (Å²) in [6, 6.07) is 13.0. The third-order valence-electron chi connectivity index (χ3n) is 4.34. The largest absolute Gasteiger partial charge is 0.452 e. The van der Waals surface area contributed by atoms with Crippen molar-refractivity contribution in [3.8, 4) is 11.4 Å². The van der Waals surface area contributed by atoms with Crippen LogP contribution in [0.15, 0.2) is 59.4 Å². The van der Waals surface area contributed by atoms with E-state index in [1.807, 2.05) is 24.3 Å². The van der Waals surface area contributed by atoms with Crippen molar-refractivity contribution in [1.82, 2.24) is 20.1 Å². The summed E-state index contributed by atoms with van der Waals surface area (Å²) in [5.74, 6) is 0.656. The fourth-order valence-electron chi connectivity index (χ4n) is 2.75. The van der Waals surface area contributed by atoms with E-state index in [-0.39, 0.29) is 12.5 Å². The molecule has 4 aromatic rings. The van der Waals surface area contributed by atoms with Crippen molar-refractivity contribution < 1.29 is 14.1 Å². The fourth-order valence-corrected chi connectivity index (χ4v) is 2.75. The number of hydrogen-bond donors (Lipinski definition) is 0. The molecular weight excluding hydrogens is 356 g/mol. The Morgan fingerprint density at radius 1 is 1.04 bits per heavy atom. The highest BCUT2D eigenvalue weighted by molar-refractivity contribution is 5.93. The van der Waals surface area contributed by atoms with E-state index in [4.69, 9.17) is 9.26 Å². The van der Waals surface area contributed by atoms with E-state index >= 15 is 0 Å². The van der Waals surface area contributed by atoms with Crippen LogP contribution in [0.25, 0.3) is 22.4 Å². The molecule has 0 aliphatic heterocycles. The van der Waals surface area contributed by atoms with Gasteiger partial charge in [0.25, 0.3) is 5.89 Å². The Hall–Kier alpha value is -3.61. The fraction of sp³-hybridized carbons (Fsp3) is 0.190. The summed E-state index contributed by atoms with van der Waals surface area (Å²) in [6.45, 7) is 4.17. The van der Waals surface area contributed by atoms with Crippen LogP contribution in [-0.4, -0.2) is 26.1 Å². The second kappa shape index (κ2) is 7.56. The molecule has 0 radical (unpaired) electrons. The van der Waals surface area contributed by atoms with Gasteiger partial charge >= 0.3 is 5.97 Å². The van der Waals surface area contributed by atoms with Crippen LogP contribution in [0, 0.1) is 0 Å². The van der Waals surface area contributed by atoms with Gasteiger partial charge in [0, 0.05) is 18.0 Å². The molecule has 2 aromatic heterocycles. The maximum absolute atomic E-state index is 12.3. The van der Waals surface area contributed by atoms with E-state index in [9.17, 15) is 4.79 Å². The molecule has 0 saturated heterocycles. The van der Waals surface area contributed by atoms with Crippen LogP contribution in [0.3, 0.4) is 0 Å². The summed E-state index contributed by atoms with van der Waals surface area (Å²) < 4.78 is 10.5. The van der Waals surface area contributed by atoms with Crippen LogP contribution in [0.1, 0.15) is 41.6 Å². The van der Waals surface area contributed by atoms with Gasteiger partial charge in [-0.05, 0) is 29.7 Å². The molecule has 0 amide bonds.